The molecule has 0 aliphatic heterocycles. The lowest BCUT2D eigenvalue weighted by Crippen LogP contribution is -1.93. The van der Waals surface area contributed by atoms with Gasteiger partial charge in [-0.05, 0) is 42.0 Å². The maximum absolute atomic E-state index is 11.4. The molecule has 1 heterocycles. The van der Waals surface area contributed by atoms with Gasteiger partial charge in [-0.1, -0.05) is 30.4 Å². The van der Waals surface area contributed by atoms with Gasteiger partial charge in [0.15, 0.2) is 0 Å². The molecule has 0 amide bonds. The van der Waals surface area contributed by atoms with Crippen molar-refractivity contribution in [3.63, 3.8) is 0 Å². The summed E-state index contributed by atoms with van der Waals surface area (Å²) in [5.74, 6) is 0. The molecule has 0 aliphatic rings. The van der Waals surface area contributed by atoms with Crippen LogP contribution in [0.2, 0.25) is 0 Å². The fourth-order valence-electron chi connectivity index (χ4n) is 1.73. The SMILES string of the molecule is C=C(C)Cc1c(C(=O)Cl)sc2ccccc12. The normalized spacial score (nSPS) is 10.6. The van der Waals surface area contributed by atoms with E-state index in [2.05, 4.69) is 6.58 Å². The quantitative estimate of drug-likeness (QED) is 0.583. The van der Waals surface area contributed by atoms with Gasteiger partial charge in [0, 0.05) is 4.70 Å². The summed E-state index contributed by atoms with van der Waals surface area (Å²) in [7, 11) is 0. The van der Waals surface area contributed by atoms with Gasteiger partial charge in [-0.2, -0.15) is 0 Å². The molecule has 2 aromatic rings. The molecule has 0 N–H and O–H groups in total. The number of fused-ring (bicyclic) bond motifs is 1. The Morgan fingerprint density at radius 3 is 2.75 bits per heavy atom. The number of carbonyl (C=O) groups excluding carboxylic acids is 1. The van der Waals surface area contributed by atoms with Gasteiger partial charge in [0.2, 0.25) is 0 Å². The van der Waals surface area contributed by atoms with Crippen LogP contribution in [0.15, 0.2) is 36.4 Å². The van der Waals surface area contributed by atoms with E-state index in [1.54, 1.807) is 0 Å². The number of allylic oxidation sites excluding steroid dienone is 1. The third kappa shape index (κ3) is 2.04. The molecule has 0 bridgehead atoms. The molecular weight excluding hydrogens is 240 g/mol. The summed E-state index contributed by atoms with van der Waals surface area (Å²) >= 11 is 7.06. The van der Waals surface area contributed by atoms with Crippen LogP contribution in [0.5, 0.6) is 0 Å². The minimum absolute atomic E-state index is 0.377. The van der Waals surface area contributed by atoms with E-state index in [1.807, 2.05) is 31.2 Å². The molecular formula is C13H11ClOS. The second-order valence-electron chi connectivity index (χ2n) is 3.81. The van der Waals surface area contributed by atoms with Gasteiger partial charge < -0.3 is 0 Å². The van der Waals surface area contributed by atoms with Crippen LogP contribution in [-0.4, -0.2) is 5.24 Å². The molecule has 16 heavy (non-hydrogen) atoms. The van der Waals surface area contributed by atoms with Crippen molar-refractivity contribution in [3.8, 4) is 0 Å². The predicted octanol–water partition coefficient (Wildman–Crippen LogP) is 4.40. The zero-order chi connectivity index (χ0) is 11.7. The third-order valence-corrected chi connectivity index (χ3v) is 3.87. The molecule has 3 heteroatoms. The van der Waals surface area contributed by atoms with Gasteiger partial charge in [-0.15, -0.1) is 11.3 Å². The van der Waals surface area contributed by atoms with E-state index in [0.717, 1.165) is 21.2 Å². The Morgan fingerprint density at radius 1 is 1.44 bits per heavy atom. The van der Waals surface area contributed by atoms with E-state index in [4.69, 9.17) is 11.6 Å². The molecule has 1 aromatic heterocycles. The van der Waals surface area contributed by atoms with Crippen molar-refractivity contribution in [2.45, 2.75) is 13.3 Å². The first-order chi connectivity index (χ1) is 7.59. The lowest BCUT2D eigenvalue weighted by molar-refractivity contribution is 0.108. The fourth-order valence-corrected chi connectivity index (χ4v) is 3.02. The fraction of sp³-hybridized carbons (Fsp3) is 0.154. The van der Waals surface area contributed by atoms with E-state index in [0.29, 0.717) is 11.3 Å². The molecule has 1 aromatic carbocycles. The van der Waals surface area contributed by atoms with Crippen LogP contribution in [0.25, 0.3) is 10.1 Å². The second-order valence-corrected chi connectivity index (χ2v) is 5.21. The molecule has 2 rings (SSSR count). The lowest BCUT2D eigenvalue weighted by Gasteiger charge is -2.00. The summed E-state index contributed by atoms with van der Waals surface area (Å²) < 4.78 is 1.10. The van der Waals surface area contributed by atoms with Gasteiger partial charge in [-0.25, -0.2) is 0 Å². The largest absolute Gasteiger partial charge is 0.275 e. The number of carbonyl (C=O) groups is 1. The molecule has 1 nitrogen and oxygen atoms in total. The van der Waals surface area contributed by atoms with Crippen molar-refractivity contribution in [1.29, 1.82) is 0 Å². The maximum atomic E-state index is 11.4. The first-order valence-corrected chi connectivity index (χ1v) is 6.13. The van der Waals surface area contributed by atoms with Gasteiger partial charge in [0.25, 0.3) is 5.24 Å². The van der Waals surface area contributed by atoms with Crippen LogP contribution in [-0.2, 0) is 6.42 Å². The maximum Gasteiger partial charge on any atom is 0.262 e. The highest BCUT2D eigenvalue weighted by Gasteiger charge is 2.16. The summed E-state index contributed by atoms with van der Waals surface area (Å²) in [4.78, 5) is 12.0. The molecule has 0 atom stereocenters. The van der Waals surface area contributed by atoms with Gasteiger partial charge in [0.1, 0.15) is 0 Å². The molecule has 0 saturated carbocycles. The standard InChI is InChI=1S/C13H11ClOS/c1-8(2)7-10-9-5-3-4-6-11(9)16-12(10)13(14)15/h3-6H,1,7H2,2H3. The highest BCUT2D eigenvalue weighted by atomic mass is 35.5. The zero-order valence-corrected chi connectivity index (χ0v) is 10.5. The van der Waals surface area contributed by atoms with E-state index < -0.39 is 0 Å². The Labute approximate surface area is 103 Å². The van der Waals surface area contributed by atoms with Crippen molar-refractivity contribution in [3.05, 3.63) is 46.9 Å². The van der Waals surface area contributed by atoms with Crippen molar-refractivity contribution in [2.75, 3.05) is 0 Å². The number of halogens is 1. The molecule has 0 fully saturated rings. The third-order valence-electron chi connectivity index (χ3n) is 2.36. The summed E-state index contributed by atoms with van der Waals surface area (Å²) in [6.07, 6.45) is 0.706. The first-order valence-electron chi connectivity index (χ1n) is 4.94. The van der Waals surface area contributed by atoms with E-state index in [-0.39, 0.29) is 5.24 Å². The van der Waals surface area contributed by atoms with Crippen molar-refractivity contribution in [1.82, 2.24) is 0 Å². The molecule has 82 valence electrons. The van der Waals surface area contributed by atoms with E-state index >= 15 is 0 Å². The summed E-state index contributed by atoms with van der Waals surface area (Å²) in [6.45, 7) is 5.84. The smallest absolute Gasteiger partial charge is 0.262 e. The minimum atomic E-state index is -0.377. The van der Waals surface area contributed by atoms with Gasteiger partial charge in [-0.3, -0.25) is 4.79 Å². The van der Waals surface area contributed by atoms with Gasteiger partial charge in [0.05, 0.1) is 4.88 Å². The molecule has 0 saturated heterocycles. The topological polar surface area (TPSA) is 17.1 Å². The molecule has 0 unspecified atom stereocenters. The number of hydrogen-bond acceptors (Lipinski definition) is 2. The minimum Gasteiger partial charge on any atom is -0.275 e. The number of thiophene rings is 1. The monoisotopic (exact) mass is 250 g/mol. The summed E-state index contributed by atoms with van der Waals surface area (Å²) in [6, 6.07) is 7.96. The Kier molecular flexibility index (Phi) is 3.13. The highest BCUT2D eigenvalue weighted by Crippen LogP contribution is 2.33. The summed E-state index contributed by atoms with van der Waals surface area (Å²) in [5, 5.41) is 0.733. The second kappa shape index (κ2) is 4.40. The Bertz CT molecular complexity index is 568. The lowest BCUT2D eigenvalue weighted by atomic mass is 10.0. The number of rotatable bonds is 3. The Hall–Kier alpha value is -1.12. The first kappa shape index (κ1) is 11.4. The Balaban J connectivity index is 2.69. The molecule has 0 aliphatic carbocycles. The number of benzene rings is 1. The van der Waals surface area contributed by atoms with Crippen molar-refractivity contribution >= 4 is 38.3 Å². The zero-order valence-electron chi connectivity index (χ0n) is 8.92. The van der Waals surface area contributed by atoms with E-state index in [9.17, 15) is 4.79 Å². The molecule has 0 spiro atoms. The number of hydrogen-bond donors (Lipinski definition) is 0. The van der Waals surface area contributed by atoms with Crippen LogP contribution in [0.4, 0.5) is 0 Å². The van der Waals surface area contributed by atoms with Crippen LogP contribution in [0.3, 0.4) is 0 Å². The Morgan fingerprint density at radius 2 is 2.12 bits per heavy atom. The molecule has 0 radical (unpaired) electrons. The highest BCUT2D eigenvalue weighted by molar-refractivity contribution is 7.22. The van der Waals surface area contributed by atoms with E-state index in [1.165, 1.54) is 11.3 Å². The van der Waals surface area contributed by atoms with Crippen LogP contribution in [0.1, 0.15) is 22.2 Å². The summed E-state index contributed by atoms with van der Waals surface area (Å²) in [5.41, 5.74) is 2.04. The van der Waals surface area contributed by atoms with Crippen molar-refractivity contribution < 1.29 is 4.79 Å². The van der Waals surface area contributed by atoms with Crippen LogP contribution in [0, 0.1) is 0 Å². The van der Waals surface area contributed by atoms with Gasteiger partial charge >= 0.3 is 0 Å². The van der Waals surface area contributed by atoms with Crippen LogP contribution >= 0.6 is 22.9 Å². The average molecular weight is 251 g/mol. The predicted molar refractivity (Wildman–Crippen MR) is 70.5 cm³/mol. The van der Waals surface area contributed by atoms with Crippen LogP contribution < -0.4 is 0 Å². The van der Waals surface area contributed by atoms with Crippen molar-refractivity contribution in [2.24, 2.45) is 0 Å². The average Bonchev–Trinajstić information content (AvgIpc) is 2.57.